The zero-order chi connectivity index (χ0) is 19.3. The zero-order valence-electron chi connectivity index (χ0n) is 14.9. The van der Waals surface area contributed by atoms with Crippen molar-refractivity contribution in [1.82, 2.24) is 15.3 Å². The van der Waals surface area contributed by atoms with Crippen LogP contribution in [-0.4, -0.2) is 29.0 Å². The molecule has 2 rings (SSSR count). The van der Waals surface area contributed by atoms with Gasteiger partial charge >= 0.3 is 6.18 Å². The molecular formula is C18H21F3N4O. The van der Waals surface area contributed by atoms with Crippen LogP contribution in [0.1, 0.15) is 41.2 Å². The molecule has 0 saturated heterocycles. The maximum absolute atomic E-state index is 12.6. The Kier molecular flexibility index (Phi) is 6.18. The Morgan fingerprint density at radius 1 is 1.15 bits per heavy atom. The van der Waals surface area contributed by atoms with Gasteiger partial charge in [0.2, 0.25) is 0 Å². The number of hydrogen-bond donors (Lipinski definition) is 1. The summed E-state index contributed by atoms with van der Waals surface area (Å²) in [5, 5.41) is 2.68. The van der Waals surface area contributed by atoms with E-state index in [9.17, 15) is 18.0 Å². The van der Waals surface area contributed by atoms with Crippen LogP contribution in [0.5, 0.6) is 0 Å². The summed E-state index contributed by atoms with van der Waals surface area (Å²) in [6, 6.07) is 5.68. The molecule has 0 aromatic carbocycles. The predicted molar refractivity (Wildman–Crippen MR) is 92.9 cm³/mol. The minimum atomic E-state index is -4.53. The Bertz CT molecular complexity index is 756. The topological polar surface area (TPSA) is 58.1 Å². The molecule has 0 bridgehead atoms. The van der Waals surface area contributed by atoms with Gasteiger partial charge in [-0.2, -0.15) is 13.2 Å². The third-order valence-corrected chi connectivity index (χ3v) is 3.97. The largest absolute Gasteiger partial charge is 0.433 e. The van der Waals surface area contributed by atoms with Crippen molar-refractivity contribution < 1.29 is 18.0 Å². The Morgan fingerprint density at radius 2 is 1.85 bits per heavy atom. The second-order valence-corrected chi connectivity index (χ2v) is 5.71. The van der Waals surface area contributed by atoms with Crippen molar-refractivity contribution in [3.63, 3.8) is 0 Å². The van der Waals surface area contributed by atoms with Gasteiger partial charge in [0.05, 0.1) is 11.3 Å². The summed E-state index contributed by atoms with van der Waals surface area (Å²) in [5.41, 5.74) is -0.0624. The quantitative estimate of drug-likeness (QED) is 0.849. The van der Waals surface area contributed by atoms with Crippen molar-refractivity contribution in [2.75, 3.05) is 18.0 Å². The highest BCUT2D eigenvalue weighted by Gasteiger charge is 2.33. The minimum Gasteiger partial charge on any atom is -0.357 e. The van der Waals surface area contributed by atoms with Crippen molar-refractivity contribution in [2.24, 2.45) is 0 Å². The lowest BCUT2D eigenvalue weighted by molar-refractivity contribution is -0.141. The molecule has 26 heavy (non-hydrogen) atoms. The summed E-state index contributed by atoms with van der Waals surface area (Å²) in [6.07, 6.45) is -2.86. The van der Waals surface area contributed by atoms with E-state index in [1.165, 1.54) is 6.92 Å². The molecule has 0 aliphatic rings. The Morgan fingerprint density at radius 3 is 2.35 bits per heavy atom. The number of alkyl halides is 3. The summed E-state index contributed by atoms with van der Waals surface area (Å²) >= 11 is 0. The van der Waals surface area contributed by atoms with E-state index in [2.05, 4.69) is 20.2 Å². The third-order valence-electron chi connectivity index (χ3n) is 3.97. The van der Waals surface area contributed by atoms with E-state index in [-0.39, 0.29) is 17.8 Å². The van der Waals surface area contributed by atoms with E-state index >= 15 is 0 Å². The first-order valence-electron chi connectivity index (χ1n) is 8.29. The first-order valence-corrected chi connectivity index (χ1v) is 8.29. The molecule has 2 aromatic heterocycles. The maximum Gasteiger partial charge on any atom is 0.433 e. The molecule has 0 unspecified atom stereocenters. The maximum atomic E-state index is 12.6. The van der Waals surface area contributed by atoms with Crippen molar-refractivity contribution >= 4 is 11.7 Å². The third kappa shape index (κ3) is 4.71. The first-order chi connectivity index (χ1) is 12.3. The van der Waals surface area contributed by atoms with Crippen LogP contribution in [-0.2, 0) is 12.7 Å². The van der Waals surface area contributed by atoms with Gasteiger partial charge in [-0.25, -0.2) is 9.97 Å². The molecular weight excluding hydrogens is 345 g/mol. The van der Waals surface area contributed by atoms with Crippen LogP contribution in [0, 0.1) is 6.92 Å². The second-order valence-electron chi connectivity index (χ2n) is 5.71. The molecule has 1 N–H and O–H groups in total. The van der Waals surface area contributed by atoms with Crippen LogP contribution in [0.4, 0.5) is 19.0 Å². The molecule has 140 valence electrons. The number of nitrogens with zero attached hydrogens (tertiary/aromatic N) is 3. The summed E-state index contributed by atoms with van der Waals surface area (Å²) in [7, 11) is 0. The van der Waals surface area contributed by atoms with Crippen LogP contribution < -0.4 is 10.2 Å². The highest BCUT2D eigenvalue weighted by molar-refractivity contribution is 5.95. The molecule has 0 spiro atoms. The fraction of sp³-hybridized carbons (Fsp3) is 0.389. The van der Waals surface area contributed by atoms with E-state index < -0.39 is 17.8 Å². The van der Waals surface area contributed by atoms with Crippen LogP contribution in [0.25, 0.3) is 0 Å². The van der Waals surface area contributed by atoms with Crippen LogP contribution in [0.3, 0.4) is 0 Å². The second kappa shape index (κ2) is 8.16. The van der Waals surface area contributed by atoms with Gasteiger partial charge in [-0.05, 0) is 44.5 Å². The summed E-state index contributed by atoms with van der Waals surface area (Å²) in [5.74, 6) is 0.379. The number of aryl methyl sites for hydroxylation is 1. The Hall–Kier alpha value is -2.64. The van der Waals surface area contributed by atoms with Crippen LogP contribution in [0.2, 0.25) is 0 Å². The average Bonchev–Trinajstić information content (AvgIpc) is 2.61. The van der Waals surface area contributed by atoms with Crippen molar-refractivity contribution in [2.45, 2.75) is 33.5 Å². The van der Waals surface area contributed by atoms with E-state index in [0.29, 0.717) is 0 Å². The van der Waals surface area contributed by atoms with Gasteiger partial charge in [0.15, 0.2) is 0 Å². The van der Waals surface area contributed by atoms with Crippen molar-refractivity contribution in [1.29, 1.82) is 0 Å². The number of halogens is 3. The normalized spacial score (nSPS) is 11.3. The van der Waals surface area contributed by atoms with E-state index in [1.807, 2.05) is 26.0 Å². The van der Waals surface area contributed by atoms with Gasteiger partial charge in [-0.1, -0.05) is 6.07 Å². The monoisotopic (exact) mass is 366 g/mol. The van der Waals surface area contributed by atoms with Gasteiger partial charge < -0.3 is 10.2 Å². The number of nitrogens with one attached hydrogen (secondary N) is 1. The molecule has 2 heterocycles. The molecule has 5 nitrogen and oxygen atoms in total. The number of carbonyl (C=O) groups excluding carboxylic acids is 1. The fourth-order valence-corrected chi connectivity index (χ4v) is 2.49. The number of pyridine rings is 2. The van der Waals surface area contributed by atoms with Crippen molar-refractivity contribution in [3.05, 3.63) is 53.0 Å². The predicted octanol–water partition coefficient (Wildman–Crippen LogP) is 3.58. The molecule has 0 fully saturated rings. The molecule has 8 heteroatoms. The molecule has 0 atom stereocenters. The number of rotatable bonds is 6. The highest BCUT2D eigenvalue weighted by Crippen LogP contribution is 2.28. The molecule has 1 amide bonds. The van der Waals surface area contributed by atoms with Crippen molar-refractivity contribution in [3.8, 4) is 0 Å². The summed E-state index contributed by atoms with van der Waals surface area (Å²) in [6.45, 7) is 7.38. The Balaban J connectivity index is 2.02. The van der Waals surface area contributed by atoms with E-state index in [4.69, 9.17) is 0 Å². The summed E-state index contributed by atoms with van der Waals surface area (Å²) < 4.78 is 37.9. The molecule has 0 aliphatic heterocycles. The van der Waals surface area contributed by atoms with Gasteiger partial charge in [0.25, 0.3) is 5.91 Å². The van der Waals surface area contributed by atoms with E-state index in [0.717, 1.165) is 36.6 Å². The van der Waals surface area contributed by atoms with E-state index in [1.54, 1.807) is 6.20 Å². The summed E-state index contributed by atoms with van der Waals surface area (Å²) in [4.78, 5) is 22.1. The van der Waals surface area contributed by atoms with Crippen LogP contribution in [0.15, 0.2) is 30.5 Å². The number of amides is 1. The standard InChI is InChI=1S/C18H21F3N4O/c1-4-25(5-2)16-9-6-13(10-22-16)11-23-17(26)14-7-8-15(18(19,20)21)24-12(14)3/h6-10H,4-5,11H2,1-3H3,(H,23,26). The number of hydrogen-bond acceptors (Lipinski definition) is 4. The van der Waals surface area contributed by atoms with Gasteiger partial charge in [0.1, 0.15) is 11.5 Å². The number of carbonyl (C=O) groups is 1. The number of anilines is 1. The average molecular weight is 366 g/mol. The molecule has 0 saturated carbocycles. The lowest BCUT2D eigenvalue weighted by Crippen LogP contribution is -2.25. The van der Waals surface area contributed by atoms with Gasteiger partial charge in [-0.3, -0.25) is 4.79 Å². The van der Waals surface area contributed by atoms with Gasteiger partial charge in [-0.15, -0.1) is 0 Å². The lowest BCUT2D eigenvalue weighted by Gasteiger charge is -2.19. The molecule has 0 aliphatic carbocycles. The minimum absolute atomic E-state index is 0.0346. The van der Waals surface area contributed by atoms with Gasteiger partial charge in [0, 0.05) is 25.8 Å². The SMILES string of the molecule is CCN(CC)c1ccc(CNC(=O)c2ccc(C(F)(F)F)nc2C)cn1. The Labute approximate surface area is 150 Å². The number of aromatic nitrogens is 2. The molecule has 2 aromatic rings. The lowest BCUT2D eigenvalue weighted by atomic mass is 10.1. The fourth-order valence-electron chi connectivity index (χ4n) is 2.49. The molecule has 0 radical (unpaired) electrons. The smallest absolute Gasteiger partial charge is 0.357 e. The highest BCUT2D eigenvalue weighted by atomic mass is 19.4. The zero-order valence-corrected chi connectivity index (χ0v) is 14.9. The first kappa shape index (κ1) is 19.7. The van der Waals surface area contributed by atoms with Crippen LogP contribution >= 0.6 is 0 Å².